The molecule has 0 radical (unpaired) electrons. The molecule has 1 rings (SSSR count). The molecule has 0 saturated carbocycles. The fourth-order valence-electron chi connectivity index (χ4n) is 1.72. The number of para-hydroxylation sites is 1. The highest BCUT2D eigenvalue weighted by molar-refractivity contribution is 5.20. The number of rotatable bonds is 10. The Bertz CT molecular complexity index is 290. The SMILES string of the molecule is CCCNCCN(C)CCCOc1ccccc1. The minimum Gasteiger partial charge on any atom is -0.494 e. The third kappa shape index (κ3) is 7.30. The Morgan fingerprint density at radius 3 is 2.61 bits per heavy atom. The van der Waals surface area contributed by atoms with Crippen molar-refractivity contribution in [3.63, 3.8) is 0 Å². The number of ether oxygens (including phenoxy) is 1. The van der Waals surface area contributed by atoms with E-state index in [9.17, 15) is 0 Å². The van der Waals surface area contributed by atoms with Gasteiger partial charge in [0, 0.05) is 19.6 Å². The Hall–Kier alpha value is -1.06. The topological polar surface area (TPSA) is 24.5 Å². The van der Waals surface area contributed by atoms with Crippen molar-refractivity contribution in [3.05, 3.63) is 30.3 Å². The molecule has 0 bridgehead atoms. The monoisotopic (exact) mass is 250 g/mol. The molecule has 0 aromatic heterocycles. The van der Waals surface area contributed by atoms with Crippen molar-refractivity contribution in [2.45, 2.75) is 19.8 Å². The first-order valence-corrected chi connectivity index (χ1v) is 6.90. The Labute approximate surface area is 111 Å². The largest absolute Gasteiger partial charge is 0.494 e. The van der Waals surface area contributed by atoms with Crippen LogP contribution in [0.25, 0.3) is 0 Å². The lowest BCUT2D eigenvalue weighted by atomic mass is 10.3. The molecule has 0 heterocycles. The van der Waals surface area contributed by atoms with Crippen molar-refractivity contribution in [2.24, 2.45) is 0 Å². The number of likely N-dealkylation sites (N-methyl/N-ethyl adjacent to an activating group) is 1. The van der Waals surface area contributed by atoms with E-state index in [-0.39, 0.29) is 0 Å². The Morgan fingerprint density at radius 2 is 1.89 bits per heavy atom. The third-order valence-corrected chi connectivity index (χ3v) is 2.79. The first-order valence-electron chi connectivity index (χ1n) is 6.90. The summed E-state index contributed by atoms with van der Waals surface area (Å²) >= 11 is 0. The van der Waals surface area contributed by atoms with Crippen molar-refractivity contribution in [1.29, 1.82) is 0 Å². The molecule has 1 N–H and O–H groups in total. The second-order valence-corrected chi connectivity index (χ2v) is 4.57. The van der Waals surface area contributed by atoms with Gasteiger partial charge in [-0.15, -0.1) is 0 Å². The normalized spacial score (nSPS) is 10.8. The number of nitrogens with one attached hydrogen (secondary N) is 1. The summed E-state index contributed by atoms with van der Waals surface area (Å²) in [5.41, 5.74) is 0. The maximum atomic E-state index is 5.66. The van der Waals surface area contributed by atoms with Gasteiger partial charge < -0.3 is 15.0 Å². The predicted molar refractivity (Wildman–Crippen MR) is 77.2 cm³/mol. The molecule has 0 atom stereocenters. The van der Waals surface area contributed by atoms with Gasteiger partial charge >= 0.3 is 0 Å². The van der Waals surface area contributed by atoms with E-state index in [0.717, 1.165) is 45.0 Å². The minimum absolute atomic E-state index is 0.788. The van der Waals surface area contributed by atoms with Crippen LogP contribution in [-0.2, 0) is 0 Å². The zero-order valence-corrected chi connectivity index (χ0v) is 11.7. The van der Waals surface area contributed by atoms with Gasteiger partial charge in [-0.1, -0.05) is 25.1 Å². The second-order valence-electron chi connectivity index (χ2n) is 4.57. The van der Waals surface area contributed by atoms with Crippen molar-refractivity contribution in [2.75, 3.05) is 39.8 Å². The fourth-order valence-corrected chi connectivity index (χ4v) is 1.72. The van der Waals surface area contributed by atoms with Gasteiger partial charge in [-0.3, -0.25) is 0 Å². The van der Waals surface area contributed by atoms with Crippen LogP contribution in [0, 0.1) is 0 Å². The van der Waals surface area contributed by atoms with Crippen molar-refractivity contribution < 1.29 is 4.74 Å². The highest BCUT2D eigenvalue weighted by atomic mass is 16.5. The van der Waals surface area contributed by atoms with Gasteiger partial charge in [0.25, 0.3) is 0 Å². The predicted octanol–water partition coefficient (Wildman–Crippen LogP) is 2.39. The van der Waals surface area contributed by atoms with Crippen LogP contribution in [0.1, 0.15) is 19.8 Å². The van der Waals surface area contributed by atoms with Gasteiger partial charge in [-0.25, -0.2) is 0 Å². The zero-order valence-electron chi connectivity index (χ0n) is 11.7. The van der Waals surface area contributed by atoms with E-state index in [0.29, 0.717) is 0 Å². The molecule has 0 spiro atoms. The van der Waals surface area contributed by atoms with Gasteiger partial charge in [-0.05, 0) is 38.6 Å². The summed E-state index contributed by atoms with van der Waals surface area (Å²) in [6.45, 7) is 7.36. The fraction of sp³-hybridized carbons (Fsp3) is 0.600. The maximum absolute atomic E-state index is 5.66. The molecule has 0 amide bonds. The quantitative estimate of drug-likeness (QED) is 0.645. The lowest BCUT2D eigenvalue weighted by molar-refractivity contribution is 0.262. The van der Waals surface area contributed by atoms with E-state index < -0.39 is 0 Å². The van der Waals surface area contributed by atoms with E-state index >= 15 is 0 Å². The summed E-state index contributed by atoms with van der Waals surface area (Å²) in [7, 11) is 2.16. The summed E-state index contributed by atoms with van der Waals surface area (Å²) in [4.78, 5) is 2.34. The molecule has 3 nitrogen and oxygen atoms in total. The van der Waals surface area contributed by atoms with Gasteiger partial charge in [0.2, 0.25) is 0 Å². The van der Waals surface area contributed by atoms with Crippen LogP contribution in [-0.4, -0.2) is 44.7 Å². The Morgan fingerprint density at radius 1 is 1.11 bits per heavy atom. The molecular weight excluding hydrogens is 224 g/mol. The van der Waals surface area contributed by atoms with E-state index in [1.54, 1.807) is 0 Å². The van der Waals surface area contributed by atoms with Gasteiger partial charge in [0.1, 0.15) is 5.75 Å². The number of hydrogen-bond acceptors (Lipinski definition) is 3. The van der Waals surface area contributed by atoms with Crippen molar-refractivity contribution in [3.8, 4) is 5.75 Å². The maximum Gasteiger partial charge on any atom is 0.119 e. The van der Waals surface area contributed by atoms with Crippen LogP contribution < -0.4 is 10.1 Å². The van der Waals surface area contributed by atoms with E-state index in [1.165, 1.54) is 6.42 Å². The standard InChI is InChI=1S/C15H26N2O/c1-3-10-16-11-13-17(2)12-7-14-18-15-8-5-4-6-9-15/h4-6,8-9,16H,3,7,10-14H2,1-2H3. The molecule has 18 heavy (non-hydrogen) atoms. The number of nitrogens with zero attached hydrogens (tertiary/aromatic N) is 1. The van der Waals surface area contributed by atoms with Gasteiger partial charge in [-0.2, -0.15) is 0 Å². The lowest BCUT2D eigenvalue weighted by Gasteiger charge is -2.16. The highest BCUT2D eigenvalue weighted by Gasteiger charge is 1.98. The van der Waals surface area contributed by atoms with Crippen LogP contribution in [0.3, 0.4) is 0 Å². The first kappa shape index (κ1) is 15.0. The summed E-state index contributed by atoms with van der Waals surface area (Å²) < 4.78 is 5.66. The van der Waals surface area contributed by atoms with Gasteiger partial charge in [0.15, 0.2) is 0 Å². The van der Waals surface area contributed by atoms with Gasteiger partial charge in [0.05, 0.1) is 6.61 Å². The van der Waals surface area contributed by atoms with Crippen molar-refractivity contribution >= 4 is 0 Å². The molecule has 0 saturated heterocycles. The molecule has 0 aliphatic carbocycles. The molecule has 1 aromatic carbocycles. The summed E-state index contributed by atoms with van der Waals surface area (Å²) in [6.07, 6.45) is 2.27. The highest BCUT2D eigenvalue weighted by Crippen LogP contribution is 2.08. The lowest BCUT2D eigenvalue weighted by Crippen LogP contribution is -2.30. The average molecular weight is 250 g/mol. The number of hydrogen-bond donors (Lipinski definition) is 1. The van der Waals surface area contributed by atoms with E-state index in [2.05, 4.69) is 24.2 Å². The molecule has 102 valence electrons. The third-order valence-electron chi connectivity index (χ3n) is 2.79. The van der Waals surface area contributed by atoms with E-state index in [1.807, 2.05) is 30.3 Å². The van der Waals surface area contributed by atoms with Crippen LogP contribution in [0.4, 0.5) is 0 Å². The van der Waals surface area contributed by atoms with Crippen LogP contribution in [0.5, 0.6) is 5.75 Å². The van der Waals surface area contributed by atoms with Crippen LogP contribution >= 0.6 is 0 Å². The smallest absolute Gasteiger partial charge is 0.119 e. The molecule has 0 aliphatic rings. The number of benzene rings is 1. The molecule has 3 heteroatoms. The summed E-state index contributed by atoms with van der Waals surface area (Å²) in [6, 6.07) is 10.0. The first-order chi connectivity index (χ1) is 8.83. The van der Waals surface area contributed by atoms with Crippen LogP contribution in [0.15, 0.2) is 30.3 Å². The minimum atomic E-state index is 0.788. The van der Waals surface area contributed by atoms with Crippen LogP contribution in [0.2, 0.25) is 0 Å². The zero-order chi connectivity index (χ0) is 13.1. The molecule has 0 fully saturated rings. The van der Waals surface area contributed by atoms with E-state index in [4.69, 9.17) is 4.74 Å². The molecular formula is C15H26N2O. The Kier molecular flexibility index (Phi) is 8.26. The summed E-state index contributed by atoms with van der Waals surface area (Å²) in [5, 5.41) is 3.41. The Balaban J connectivity index is 1.97. The summed E-state index contributed by atoms with van der Waals surface area (Å²) in [5.74, 6) is 0.963. The van der Waals surface area contributed by atoms with Crippen molar-refractivity contribution in [1.82, 2.24) is 10.2 Å². The average Bonchev–Trinajstić information content (AvgIpc) is 2.41. The molecule has 1 aromatic rings. The molecule has 0 unspecified atom stereocenters. The molecule has 0 aliphatic heterocycles. The second kappa shape index (κ2) is 9.92.